The van der Waals surface area contributed by atoms with E-state index >= 15 is 0 Å². The quantitative estimate of drug-likeness (QED) is 0.644. The number of carbonyl (C=O) groups excluding carboxylic acids is 1. The molecule has 2 saturated heterocycles. The van der Waals surface area contributed by atoms with E-state index in [1.54, 1.807) is 24.4 Å². The number of halogens is 1. The molecule has 1 N–H and O–H groups in total. The summed E-state index contributed by atoms with van der Waals surface area (Å²) >= 11 is 1.29. The largest absolute Gasteiger partial charge is 0.479 e. The minimum Gasteiger partial charge on any atom is -0.479 e. The monoisotopic (exact) mass is 442 g/mol. The number of fused-ring (bicyclic) bond motifs is 1. The first kappa shape index (κ1) is 20.1. The summed E-state index contributed by atoms with van der Waals surface area (Å²) in [7, 11) is 1.51. The molecule has 0 aliphatic carbocycles. The van der Waals surface area contributed by atoms with Gasteiger partial charge in [-0.15, -0.1) is 0 Å². The van der Waals surface area contributed by atoms with Crippen LogP contribution >= 0.6 is 11.3 Å². The third-order valence-corrected chi connectivity index (χ3v) is 7.24. The summed E-state index contributed by atoms with van der Waals surface area (Å²) in [4.78, 5) is 23.6. The van der Waals surface area contributed by atoms with Gasteiger partial charge in [0.15, 0.2) is 5.13 Å². The molecule has 0 bridgehead atoms. The van der Waals surface area contributed by atoms with E-state index in [0.717, 1.165) is 50.3 Å². The number of anilines is 1. The third-order valence-electron chi connectivity index (χ3n) is 6.24. The zero-order valence-corrected chi connectivity index (χ0v) is 18.0. The van der Waals surface area contributed by atoms with E-state index in [9.17, 15) is 9.18 Å². The lowest BCUT2D eigenvalue weighted by molar-refractivity contribution is 0.0211. The lowest BCUT2D eigenvalue weighted by atomic mass is 9.80. The zero-order chi connectivity index (χ0) is 21.4. The number of thiazole rings is 1. The molecule has 2 fully saturated rings. The number of carbonyl (C=O) groups is 1. The van der Waals surface area contributed by atoms with Gasteiger partial charge in [-0.3, -0.25) is 5.32 Å². The number of nitrogens with one attached hydrogen (secondary N) is 1. The summed E-state index contributed by atoms with van der Waals surface area (Å²) in [6, 6.07) is 6.37. The Morgan fingerprint density at radius 2 is 2.06 bits per heavy atom. The Morgan fingerprint density at radius 1 is 1.26 bits per heavy atom. The Bertz CT molecular complexity index is 1130. The molecule has 0 saturated carbocycles. The average Bonchev–Trinajstić information content (AvgIpc) is 3.39. The molecule has 31 heavy (non-hydrogen) atoms. The van der Waals surface area contributed by atoms with E-state index in [2.05, 4.69) is 15.3 Å². The highest BCUT2D eigenvalue weighted by molar-refractivity contribution is 7.23. The smallest absolute Gasteiger partial charge is 0.323 e. The van der Waals surface area contributed by atoms with E-state index in [1.165, 1.54) is 24.5 Å². The van der Waals surface area contributed by atoms with Crippen molar-refractivity contribution in [2.24, 2.45) is 5.41 Å². The fourth-order valence-electron chi connectivity index (χ4n) is 4.46. The summed E-state index contributed by atoms with van der Waals surface area (Å²) in [5.74, 6) is 0.00254. The summed E-state index contributed by atoms with van der Waals surface area (Å²) < 4.78 is 26.0. The number of urea groups is 1. The van der Waals surface area contributed by atoms with Crippen molar-refractivity contribution in [1.82, 2.24) is 14.9 Å². The highest BCUT2D eigenvalue weighted by atomic mass is 32.1. The normalized spacial score (nSPS) is 17.9. The van der Waals surface area contributed by atoms with Gasteiger partial charge in [-0.1, -0.05) is 29.5 Å². The Labute approximate surface area is 183 Å². The molecule has 2 amide bonds. The van der Waals surface area contributed by atoms with Gasteiger partial charge in [0.25, 0.3) is 0 Å². The Balaban J connectivity index is 1.42. The van der Waals surface area contributed by atoms with Crippen molar-refractivity contribution in [3.05, 3.63) is 36.3 Å². The molecule has 9 heteroatoms. The number of hydrogen-bond acceptors (Lipinski definition) is 6. The number of amides is 2. The third kappa shape index (κ3) is 3.72. The number of nitrogens with zero attached hydrogens (tertiary/aromatic N) is 3. The minimum absolute atomic E-state index is 0.165. The Morgan fingerprint density at radius 3 is 2.84 bits per heavy atom. The topological polar surface area (TPSA) is 76.6 Å². The molecule has 7 nitrogen and oxygen atoms in total. The number of pyridine rings is 1. The van der Waals surface area contributed by atoms with Crippen LogP contribution in [0.4, 0.5) is 14.3 Å². The molecule has 0 unspecified atom stereocenters. The number of likely N-dealkylation sites (tertiary alicyclic amines) is 1. The number of benzene rings is 1. The second-order valence-electron chi connectivity index (χ2n) is 8.07. The molecule has 5 rings (SSSR count). The van der Waals surface area contributed by atoms with Gasteiger partial charge in [0.05, 0.1) is 11.8 Å². The van der Waals surface area contributed by atoms with Crippen LogP contribution in [0, 0.1) is 11.2 Å². The molecule has 2 aromatic heterocycles. The van der Waals surface area contributed by atoms with Gasteiger partial charge in [-0.25, -0.2) is 19.2 Å². The van der Waals surface area contributed by atoms with Gasteiger partial charge >= 0.3 is 6.03 Å². The van der Waals surface area contributed by atoms with Crippen molar-refractivity contribution in [1.29, 1.82) is 0 Å². The van der Waals surface area contributed by atoms with Crippen molar-refractivity contribution in [3.8, 4) is 17.0 Å². The molecule has 1 spiro atoms. The summed E-state index contributed by atoms with van der Waals surface area (Å²) in [6.45, 7) is 2.98. The van der Waals surface area contributed by atoms with Crippen molar-refractivity contribution < 1.29 is 18.7 Å². The molecule has 2 aliphatic heterocycles. The molecular formula is C22H23FN4O3S. The lowest BCUT2D eigenvalue weighted by Crippen LogP contribution is -2.37. The van der Waals surface area contributed by atoms with Crippen LogP contribution in [-0.4, -0.2) is 54.3 Å². The highest BCUT2D eigenvalue weighted by Crippen LogP contribution is 2.41. The number of methoxy groups -OCH3 is 1. The molecule has 2 aliphatic rings. The summed E-state index contributed by atoms with van der Waals surface area (Å²) in [5.41, 5.74) is 1.74. The summed E-state index contributed by atoms with van der Waals surface area (Å²) in [5, 5.41) is 3.37. The Kier molecular flexibility index (Phi) is 5.23. The molecule has 162 valence electrons. The number of ether oxygens (including phenoxy) is 2. The molecule has 3 aromatic rings. The van der Waals surface area contributed by atoms with Crippen molar-refractivity contribution in [3.63, 3.8) is 0 Å². The molecule has 1 aromatic carbocycles. The maximum absolute atomic E-state index is 14.4. The lowest BCUT2D eigenvalue weighted by Gasteiger charge is -2.33. The van der Waals surface area contributed by atoms with Crippen molar-refractivity contribution >= 4 is 32.7 Å². The maximum atomic E-state index is 14.4. The Hall–Kier alpha value is -2.78. The molecule has 0 radical (unpaired) electrons. The van der Waals surface area contributed by atoms with Gasteiger partial charge in [0.1, 0.15) is 11.3 Å². The van der Waals surface area contributed by atoms with Crippen LogP contribution in [-0.2, 0) is 4.74 Å². The molecule has 0 atom stereocenters. The van der Waals surface area contributed by atoms with Gasteiger partial charge in [0.2, 0.25) is 5.88 Å². The number of aromatic nitrogens is 2. The fraction of sp³-hybridized carbons (Fsp3) is 0.409. The second-order valence-corrected chi connectivity index (χ2v) is 9.07. The predicted molar refractivity (Wildman–Crippen MR) is 117 cm³/mol. The first-order valence-electron chi connectivity index (χ1n) is 10.3. The van der Waals surface area contributed by atoms with Crippen LogP contribution in [0.3, 0.4) is 0 Å². The van der Waals surface area contributed by atoms with E-state index in [1.807, 2.05) is 4.90 Å². The van der Waals surface area contributed by atoms with Crippen molar-refractivity contribution in [2.75, 3.05) is 38.7 Å². The predicted octanol–water partition coefficient (Wildman–Crippen LogP) is 4.54. The number of rotatable bonds is 3. The molecular weight excluding hydrogens is 419 g/mol. The summed E-state index contributed by atoms with van der Waals surface area (Å²) in [6.07, 6.45) is 4.57. The average molecular weight is 443 g/mol. The second kappa shape index (κ2) is 8.05. The van der Waals surface area contributed by atoms with Crippen LogP contribution in [0.1, 0.15) is 19.3 Å². The van der Waals surface area contributed by atoms with Crippen molar-refractivity contribution in [2.45, 2.75) is 19.3 Å². The van der Waals surface area contributed by atoms with E-state index in [-0.39, 0.29) is 17.3 Å². The van der Waals surface area contributed by atoms with Crippen LogP contribution in [0.2, 0.25) is 0 Å². The first-order valence-corrected chi connectivity index (χ1v) is 11.1. The van der Waals surface area contributed by atoms with E-state index in [4.69, 9.17) is 9.47 Å². The molecule has 4 heterocycles. The van der Waals surface area contributed by atoms with Gasteiger partial charge < -0.3 is 14.4 Å². The standard InChI is InChI=1S/C22H23FN4O3S/c1-29-19-17-18(15(12-24-19)14-4-2-3-5-16(14)23)31-20(25-17)26-21(28)27-9-6-22(13-27)7-10-30-11-8-22/h2-5,12H,6-11,13H2,1H3,(H,25,26,28). The van der Waals surface area contributed by atoms with E-state index < -0.39 is 0 Å². The van der Waals surface area contributed by atoms with Gasteiger partial charge in [-0.05, 0) is 30.7 Å². The SMILES string of the molecule is COc1ncc(-c2ccccc2F)c2sc(NC(=O)N3CCC4(CCOCC4)C3)nc12. The minimum atomic E-state index is -0.339. The fourth-order valence-corrected chi connectivity index (χ4v) is 5.43. The highest BCUT2D eigenvalue weighted by Gasteiger charge is 2.41. The van der Waals surface area contributed by atoms with Crippen LogP contribution in [0.5, 0.6) is 5.88 Å². The van der Waals surface area contributed by atoms with Crippen LogP contribution in [0.25, 0.3) is 21.3 Å². The first-order chi connectivity index (χ1) is 15.1. The van der Waals surface area contributed by atoms with Crippen LogP contribution in [0.15, 0.2) is 30.5 Å². The number of hydrogen-bond donors (Lipinski definition) is 1. The zero-order valence-electron chi connectivity index (χ0n) is 17.2. The maximum Gasteiger partial charge on any atom is 0.323 e. The van der Waals surface area contributed by atoms with Gasteiger partial charge in [0, 0.05) is 43.6 Å². The van der Waals surface area contributed by atoms with Crippen LogP contribution < -0.4 is 10.1 Å². The van der Waals surface area contributed by atoms with E-state index in [0.29, 0.717) is 27.7 Å². The van der Waals surface area contributed by atoms with Gasteiger partial charge in [-0.2, -0.15) is 0 Å².